The van der Waals surface area contributed by atoms with E-state index in [1.54, 1.807) is 48.9 Å². The Kier molecular flexibility index (Phi) is 17.5. The smallest absolute Gasteiger partial charge is 0.408 e. The topological polar surface area (TPSA) is 203 Å². The van der Waals surface area contributed by atoms with Gasteiger partial charge in [0.15, 0.2) is 5.82 Å². The predicted octanol–water partition coefficient (Wildman–Crippen LogP) is 4.87. The van der Waals surface area contributed by atoms with Crippen molar-refractivity contribution in [2.24, 2.45) is 5.41 Å². The first kappa shape index (κ1) is 49.7. The number of nitrogens with one attached hydrogen (secondary N) is 4. The van der Waals surface area contributed by atoms with Gasteiger partial charge < -0.3 is 35.6 Å². The minimum atomic E-state index is -1.31. The van der Waals surface area contributed by atoms with E-state index in [-0.39, 0.29) is 19.7 Å². The molecule has 5 amide bonds. The Hall–Kier alpha value is -3.94. The number of carbonyl (C=O) groups is 6. The van der Waals surface area contributed by atoms with Crippen molar-refractivity contribution in [1.82, 2.24) is 40.9 Å². The predicted molar refractivity (Wildman–Crippen MR) is 240 cm³/mol. The summed E-state index contributed by atoms with van der Waals surface area (Å²) in [5.41, 5.74) is -0.819. The summed E-state index contributed by atoms with van der Waals surface area (Å²) >= 11 is 3.42. The molecule has 61 heavy (non-hydrogen) atoms. The van der Waals surface area contributed by atoms with E-state index in [1.165, 1.54) is 11.2 Å². The van der Waals surface area contributed by atoms with Crippen LogP contribution >= 0.6 is 23.5 Å². The van der Waals surface area contributed by atoms with Crippen LogP contribution in [-0.2, 0) is 40.2 Å². The summed E-state index contributed by atoms with van der Waals surface area (Å²) < 4.78 is 12.7. The van der Waals surface area contributed by atoms with Gasteiger partial charge in [0, 0.05) is 27.6 Å². The molecule has 3 heterocycles. The molecule has 0 radical (unpaired) electrons. The largest absolute Gasteiger partial charge is 0.444 e. The third-order valence-electron chi connectivity index (χ3n) is 10.1. The van der Waals surface area contributed by atoms with Gasteiger partial charge in [0.1, 0.15) is 36.8 Å². The zero-order valence-corrected chi connectivity index (χ0v) is 40.1. The summed E-state index contributed by atoms with van der Waals surface area (Å²) in [7, 11) is -1.31. The molecule has 16 nitrogen and oxygen atoms in total. The Morgan fingerprint density at radius 1 is 0.967 bits per heavy atom. The quantitative estimate of drug-likeness (QED) is 0.0900. The molecule has 2 unspecified atom stereocenters. The van der Waals surface area contributed by atoms with Gasteiger partial charge in [-0.15, -0.1) is 33.7 Å². The Balaban J connectivity index is 1.46. The maximum Gasteiger partial charge on any atom is 0.408 e. The lowest BCUT2D eigenvalue weighted by Gasteiger charge is -2.36. The van der Waals surface area contributed by atoms with Crippen LogP contribution < -0.4 is 21.3 Å². The number of aromatic nitrogens is 3. The third kappa shape index (κ3) is 14.8. The second kappa shape index (κ2) is 21.4. The van der Waals surface area contributed by atoms with E-state index >= 15 is 0 Å². The van der Waals surface area contributed by atoms with E-state index < -0.39 is 89.4 Å². The first-order chi connectivity index (χ1) is 28.5. The van der Waals surface area contributed by atoms with E-state index in [4.69, 9.17) is 9.47 Å². The highest BCUT2D eigenvalue weighted by Crippen LogP contribution is 2.50. The van der Waals surface area contributed by atoms with Gasteiger partial charge >= 0.3 is 6.09 Å². The molecule has 1 spiro atoms. The summed E-state index contributed by atoms with van der Waals surface area (Å²) in [4.78, 5) is 83.7. The van der Waals surface area contributed by atoms with Crippen molar-refractivity contribution in [3.63, 3.8) is 0 Å². The van der Waals surface area contributed by atoms with Crippen molar-refractivity contribution in [3.8, 4) is 0 Å². The van der Waals surface area contributed by atoms with Crippen LogP contribution in [0.2, 0.25) is 25.7 Å². The fourth-order valence-electron chi connectivity index (χ4n) is 6.88. The molecule has 4 N–H and O–H groups in total. The number of carbonyl (C=O) groups excluding carboxylic acids is 6. The molecular weight excluding hydrogens is 837 g/mol. The van der Waals surface area contributed by atoms with Crippen molar-refractivity contribution >= 4 is 67.1 Å². The van der Waals surface area contributed by atoms with E-state index in [9.17, 15) is 28.8 Å². The van der Waals surface area contributed by atoms with Crippen molar-refractivity contribution in [1.29, 1.82) is 0 Å². The number of hydrogen-bond acceptors (Lipinski definition) is 12. The van der Waals surface area contributed by atoms with E-state index in [0.717, 1.165) is 29.5 Å². The molecule has 1 aromatic heterocycles. The average Bonchev–Trinajstić information content (AvgIpc) is 3.80. The molecule has 1 aromatic carbocycles. The molecule has 0 saturated carbocycles. The Labute approximate surface area is 369 Å². The molecule has 2 fully saturated rings. The summed E-state index contributed by atoms with van der Waals surface area (Å²) in [6, 6.07) is 6.22. The highest BCUT2D eigenvalue weighted by atomic mass is 32.2. The monoisotopic (exact) mass is 902 g/mol. The van der Waals surface area contributed by atoms with Gasteiger partial charge in [-0.3, -0.25) is 28.5 Å². The van der Waals surface area contributed by atoms with Crippen molar-refractivity contribution < 1.29 is 38.2 Å². The molecule has 2 aliphatic heterocycles. The number of hydrogen-bond donors (Lipinski definition) is 4. The number of amides is 5. The van der Waals surface area contributed by atoms with Gasteiger partial charge in [0.05, 0.1) is 16.7 Å². The number of ketones is 1. The SMILES string of the molecule is CCCC(NC(=O)[C@@H]1CC2(CN1C(=O)[C@@H](NC(=O)OC(C)(C)C)C(C)(C)C)SCCCS2)C(=O)C(=O)NCC(=O)NC(c1ccccc1)c1nncn1COCC[Si](C)(C)C. The van der Waals surface area contributed by atoms with E-state index in [1.807, 2.05) is 58.0 Å². The standard InChI is InChI=1S/C42H66N8O8S2Si/c1-11-16-29(45-36(53)30-23-42(59-20-15-21-60-42)25-50(30)38(55)34(40(2,3)4)47-39(56)58-41(5,6)7)33(52)37(54)43-24-31(51)46-32(28-17-13-12-14-18-28)35-48-44-26-49(35)27-57-19-22-61(8,9)10/h12-14,17-18,26,29-30,32,34H,11,15-16,19-25,27H2,1-10H3,(H,43,54)(H,45,53)(H,46,51)(H,47,56)/t29?,30-,32?,34+/m0/s1. The van der Waals surface area contributed by atoms with Gasteiger partial charge in [-0.25, -0.2) is 4.79 Å². The maximum atomic E-state index is 14.5. The number of nitrogens with zero attached hydrogens (tertiary/aromatic N) is 4. The zero-order chi connectivity index (χ0) is 45.2. The number of Topliss-reactive ketones (excluding diaryl/α,β-unsaturated/α-hetero) is 1. The fraction of sp³-hybridized carbons (Fsp3) is 0.667. The Morgan fingerprint density at radius 3 is 2.25 bits per heavy atom. The number of likely N-dealkylation sites (tertiary alicyclic amines) is 1. The maximum absolute atomic E-state index is 14.5. The lowest BCUT2D eigenvalue weighted by Crippen LogP contribution is -2.59. The van der Waals surface area contributed by atoms with Crippen LogP contribution in [0.4, 0.5) is 4.79 Å². The lowest BCUT2D eigenvalue weighted by molar-refractivity contribution is -0.144. The molecule has 338 valence electrons. The molecule has 2 saturated heterocycles. The summed E-state index contributed by atoms with van der Waals surface area (Å²) in [5.74, 6) is -1.37. The zero-order valence-electron chi connectivity index (χ0n) is 37.4. The van der Waals surface area contributed by atoms with Crippen molar-refractivity contribution in [2.45, 2.75) is 140 Å². The van der Waals surface area contributed by atoms with Crippen LogP contribution in [0.3, 0.4) is 0 Å². The van der Waals surface area contributed by atoms with Crippen molar-refractivity contribution in [3.05, 3.63) is 48.0 Å². The fourth-order valence-corrected chi connectivity index (χ4v) is 11.0. The van der Waals surface area contributed by atoms with E-state index in [2.05, 4.69) is 51.1 Å². The Bertz CT molecular complexity index is 1840. The summed E-state index contributed by atoms with van der Waals surface area (Å²) in [6.45, 7) is 19.8. The van der Waals surface area contributed by atoms with Crippen LogP contribution in [-0.4, -0.2) is 122 Å². The van der Waals surface area contributed by atoms with Crippen molar-refractivity contribution in [2.75, 3.05) is 31.2 Å². The molecule has 4 rings (SSSR count). The molecule has 0 aliphatic carbocycles. The number of thioether (sulfide) groups is 2. The molecule has 4 atom stereocenters. The van der Waals surface area contributed by atoms with Crippen LogP contribution in [0.15, 0.2) is 36.7 Å². The van der Waals surface area contributed by atoms with Gasteiger partial charge in [-0.05, 0) is 62.1 Å². The second-order valence-electron chi connectivity index (χ2n) is 18.9. The molecule has 2 aliphatic rings. The summed E-state index contributed by atoms with van der Waals surface area (Å²) in [5, 5.41) is 19.2. The van der Waals surface area contributed by atoms with Gasteiger partial charge in [0.25, 0.3) is 5.91 Å². The highest BCUT2D eigenvalue weighted by Gasteiger charge is 2.53. The number of ether oxygens (including phenoxy) is 2. The Morgan fingerprint density at radius 2 is 1.64 bits per heavy atom. The number of benzene rings is 1. The minimum Gasteiger partial charge on any atom is -0.444 e. The van der Waals surface area contributed by atoms with Gasteiger partial charge in [-0.1, -0.05) is 84.1 Å². The molecule has 0 bridgehead atoms. The lowest BCUT2D eigenvalue weighted by atomic mass is 9.85. The minimum absolute atomic E-state index is 0.149. The molecule has 19 heteroatoms. The first-order valence-corrected chi connectivity index (χ1v) is 26.7. The normalized spacial score (nSPS) is 18.1. The molecular formula is C42H66N8O8S2Si. The average molecular weight is 903 g/mol. The van der Waals surface area contributed by atoms with Crippen LogP contribution in [0.25, 0.3) is 0 Å². The van der Waals surface area contributed by atoms with Gasteiger partial charge in [0.2, 0.25) is 23.5 Å². The first-order valence-electron chi connectivity index (χ1n) is 21.0. The second-order valence-corrected chi connectivity index (χ2v) is 27.7. The number of rotatable bonds is 18. The van der Waals surface area contributed by atoms with Crippen LogP contribution in [0.5, 0.6) is 0 Å². The van der Waals surface area contributed by atoms with Crippen LogP contribution in [0.1, 0.15) is 91.6 Å². The third-order valence-corrected chi connectivity index (χ3v) is 15.1. The summed E-state index contributed by atoms with van der Waals surface area (Å²) in [6.07, 6.45) is 2.71. The highest BCUT2D eigenvalue weighted by molar-refractivity contribution is 8.18. The van der Waals surface area contributed by atoms with Crippen LogP contribution in [0, 0.1) is 5.41 Å². The number of alkyl carbamates (subject to hydrolysis) is 1. The van der Waals surface area contributed by atoms with Gasteiger partial charge in [-0.2, -0.15) is 0 Å². The molecule has 2 aromatic rings. The van der Waals surface area contributed by atoms with E-state index in [0.29, 0.717) is 25.3 Å².